The van der Waals surface area contributed by atoms with Gasteiger partial charge in [-0.25, -0.2) is 0 Å². The molecule has 2 rings (SSSR count). The number of aryl methyl sites for hydroxylation is 1. The predicted molar refractivity (Wildman–Crippen MR) is 85.0 cm³/mol. The van der Waals surface area contributed by atoms with E-state index in [9.17, 15) is 0 Å². The van der Waals surface area contributed by atoms with Gasteiger partial charge in [0.2, 0.25) is 0 Å². The van der Waals surface area contributed by atoms with E-state index in [0.29, 0.717) is 5.92 Å². The van der Waals surface area contributed by atoms with Crippen LogP contribution >= 0.6 is 0 Å². The van der Waals surface area contributed by atoms with Crippen LogP contribution < -0.4 is 10.5 Å². The molecule has 2 N–H and O–H groups in total. The van der Waals surface area contributed by atoms with Crippen LogP contribution in [-0.2, 0) is 0 Å². The number of benzene rings is 1. The standard InChI is InChI=1S/C18H29NO/c1-13(2)12-18(9-5-6-10-18)17(19)15-11-14(3)7-8-16(15)20-4/h7-8,11,13,17H,5-6,9-10,12,19H2,1-4H3. The normalized spacial score (nSPS) is 19.3. The Bertz CT molecular complexity index is 447. The second kappa shape index (κ2) is 6.17. The van der Waals surface area contributed by atoms with Crippen molar-refractivity contribution in [3.05, 3.63) is 29.3 Å². The summed E-state index contributed by atoms with van der Waals surface area (Å²) in [4.78, 5) is 0. The van der Waals surface area contributed by atoms with E-state index in [4.69, 9.17) is 10.5 Å². The molecule has 1 unspecified atom stereocenters. The van der Waals surface area contributed by atoms with Gasteiger partial charge in [-0.1, -0.05) is 44.4 Å². The first kappa shape index (κ1) is 15.4. The summed E-state index contributed by atoms with van der Waals surface area (Å²) in [6.07, 6.45) is 6.35. The minimum atomic E-state index is 0.0854. The van der Waals surface area contributed by atoms with Crippen LogP contribution in [0.3, 0.4) is 0 Å². The van der Waals surface area contributed by atoms with Crippen molar-refractivity contribution in [1.29, 1.82) is 0 Å². The van der Waals surface area contributed by atoms with Gasteiger partial charge in [-0.3, -0.25) is 0 Å². The number of methoxy groups -OCH3 is 1. The monoisotopic (exact) mass is 275 g/mol. The minimum Gasteiger partial charge on any atom is -0.496 e. The molecule has 0 radical (unpaired) electrons. The topological polar surface area (TPSA) is 35.2 Å². The van der Waals surface area contributed by atoms with Gasteiger partial charge in [-0.2, -0.15) is 0 Å². The van der Waals surface area contributed by atoms with Gasteiger partial charge in [0.25, 0.3) is 0 Å². The Kier molecular flexibility index (Phi) is 4.74. The van der Waals surface area contributed by atoms with E-state index in [1.54, 1.807) is 7.11 Å². The highest BCUT2D eigenvalue weighted by molar-refractivity contribution is 5.40. The summed E-state index contributed by atoms with van der Waals surface area (Å²) in [6.45, 7) is 6.74. The maximum absolute atomic E-state index is 6.75. The molecule has 0 saturated heterocycles. The third-order valence-electron chi connectivity index (χ3n) is 4.79. The van der Waals surface area contributed by atoms with Crippen molar-refractivity contribution in [1.82, 2.24) is 0 Å². The highest BCUT2D eigenvalue weighted by atomic mass is 16.5. The first-order valence-electron chi connectivity index (χ1n) is 7.88. The Morgan fingerprint density at radius 1 is 1.25 bits per heavy atom. The first-order chi connectivity index (χ1) is 9.48. The molecule has 20 heavy (non-hydrogen) atoms. The van der Waals surface area contributed by atoms with Gasteiger partial charge in [0.15, 0.2) is 0 Å². The lowest BCUT2D eigenvalue weighted by molar-refractivity contribution is 0.181. The van der Waals surface area contributed by atoms with Gasteiger partial charge in [-0.15, -0.1) is 0 Å². The molecule has 1 aromatic carbocycles. The summed E-state index contributed by atoms with van der Waals surface area (Å²) >= 11 is 0. The molecule has 0 heterocycles. The summed E-state index contributed by atoms with van der Waals surface area (Å²) in [6, 6.07) is 6.45. The van der Waals surface area contributed by atoms with E-state index in [-0.39, 0.29) is 11.5 Å². The lowest BCUT2D eigenvalue weighted by atomic mass is 9.70. The molecule has 0 aliphatic heterocycles. The van der Waals surface area contributed by atoms with E-state index < -0.39 is 0 Å². The molecular formula is C18H29NO. The Balaban J connectivity index is 2.36. The summed E-state index contributed by atoms with van der Waals surface area (Å²) < 4.78 is 5.55. The van der Waals surface area contributed by atoms with Crippen LogP contribution in [0.4, 0.5) is 0 Å². The van der Waals surface area contributed by atoms with Crippen LogP contribution in [0.5, 0.6) is 5.75 Å². The van der Waals surface area contributed by atoms with E-state index in [1.165, 1.54) is 43.2 Å². The second-order valence-corrected chi connectivity index (χ2v) is 6.89. The van der Waals surface area contributed by atoms with E-state index in [0.717, 1.165) is 5.75 Å². The molecule has 1 saturated carbocycles. The van der Waals surface area contributed by atoms with Gasteiger partial charge < -0.3 is 10.5 Å². The maximum Gasteiger partial charge on any atom is 0.123 e. The molecular weight excluding hydrogens is 246 g/mol. The van der Waals surface area contributed by atoms with Crippen molar-refractivity contribution in [3.8, 4) is 5.75 Å². The van der Waals surface area contributed by atoms with Crippen LogP contribution in [0, 0.1) is 18.3 Å². The molecule has 1 fully saturated rings. The summed E-state index contributed by atoms with van der Waals surface area (Å²) in [5.41, 5.74) is 9.46. The lowest BCUT2D eigenvalue weighted by Crippen LogP contribution is -2.34. The third-order valence-corrected chi connectivity index (χ3v) is 4.79. The Hall–Kier alpha value is -1.02. The van der Waals surface area contributed by atoms with Crippen LogP contribution in [-0.4, -0.2) is 7.11 Å². The smallest absolute Gasteiger partial charge is 0.123 e. The fraction of sp³-hybridized carbons (Fsp3) is 0.667. The highest BCUT2D eigenvalue weighted by Crippen LogP contribution is 2.51. The van der Waals surface area contributed by atoms with E-state index in [2.05, 4.69) is 39.0 Å². The molecule has 0 spiro atoms. The molecule has 1 aliphatic carbocycles. The lowest BCUT2D eigenvalue weighted by Gasteiger charge is -2.38. The zero-order chi connectivity index (χ0) is 14.8. The van der Waals surface area contributed by atoms with Crippen molar-refractivity contribution >= 4 is 0 Å². The fourth-order valence-electron chi connectivity index (χ4n) is 3.96. The summed E-state index contributed by atoms with van der Waals surface area (Å²) in [5.74, 6) is 1.63. The molecule has 2 heteroatoms. The van der Waals surface area contributed by atoms with Gasteiger partial charge in [0.05, 0.1) is 7.11 Å². The Morgan fingerprint density at radius 3 is 2.45 bits per heavy atom. The van der Waals surface area contributed by atoms with Gasteiger partial charge in [-0.05, 0) is 43.6 Å². The molecule has 0 bridgehead atoms. The van der Waals surface area contributed by atoms with Crippen LogP contribution in [0.25, 0.3) is 0 Å². The highest BCUT2D eigenvalue weighted by Gasteiger charge is 2.41. The fourth-order valence-corrected chi connectivity index (χ4v) is 3.96. The third kappa shape index (κ3) is 3.01. The van der Waals surface area contributed by atoms with Gasteiger partial charge in [0.1, 0.15) is 5.75 Å². The summed E-state index contributed by atoms with van der Waals surface area (Å²) in [5, 5.41) is 0. The largest absolute Gasteiger partial charge is 0.496 e. The molecule has 0 aromatic heterocycles. The second-order valence-electron chi connectivity index (χ2n) is 6.89. The average Bonchev–Trinajstić information content (AvgIpc) is 2.86. The zero-order valence-electron chi connectivity index (χ0n) is 13.4. The number of hydrogen-bond donors (Lipinski definition) is 1. The maximum atomic E-state index is 6.75. The predicted octanol–water partition coefficient (Wildman–Crippen LogP) is 4.61. The van der Waals surface area contributed by atoms with Gasteiger partial charge >= 0.3 is 0 Å². The van der Waals surface area contributed by atoms with Crippen LogP contribution in [0.2, 0.25) is 0 Å². The molecule has 2 nitrogen and oxygen atoms in total. The van der Waals surface area contributed by atoms with E-state index >= 15 is 0 Å². The van der Waals surface area contributed by atoms with Crippen LogP contribution in [0.15, 0.2) is 18.2 Å². The molecule has 1 aliphatic rings. The van der Waals surface area contributed by atoms with Crippen molar-refractivity contribution in [2.45, 2.75) is 58.9 Å². The van der Waals surface area contributed by atoms with Crippen molar-refractivity contribution in [2.75, 3.05) is 7.11 Å². The average molecular weight is 275 g/mol. The molecule has 1 aromatic rings. The number of rotatable bonds is 5. The number of hydrogen-bond acceptors (Lipinski definition) is 2. The number of nitrogens with two attached hydrogens (primary N) is 1. The summed E-state index contributed by atoms with van der Waals surface area (Å²) in [7, 11) is 1.74. The Morgan fingerprint density at radius 2 is 1.90 bits per heavy atom. The minimum absolute atomic E-state index is 0.0854. The van der Waals surface area contributed by atoms with Crippen LogP contribution in [0.1, 0.15) is 63.1 Å². The van der Waals surface area contributed by atoms with Crippen molar-refractivity contribution in [2.24, 2.45) is 17.1 Å². The van der Waals surface area contributed by atoms with Crippen molar-refractivity contribution in [3.63, 3.8) is 0 Å². The molecule has 112 valence electrons. The molecule has 0 amide bonds. The zero-order valence-corrected chi connectivity index (χ0v) is 13.4. The van der Waals surface area contributed by atoms with E-state index in [1.807, 2.05) is 0 Å². The number of ether oxygens (including phenoxy) is 1. The SMILES string of the molecule is COc1ccc(C)cc1C(N)C1(CC(C)C)CCCC1. The van der Waals surface area contributed by atoms with Gasteiger partial charge in [0, 0.05) is 11.6 Å². The first-order valence-corrected chi connectivity index (χ1v) is 7.88. The molecule has 1 atom stereocenters. The Labute approximate surface area is 123 Å². The quantitative estimate of drug-likeness (QED) is 0.851. The van der Waals surface area contributed by atoms with Crippen molar-refractivity contribution < 1.29 is 4.74 Å².